The molecule has 7 nitrogen and oxygen atoms in total. The summed E-state index contributed by atoms with van der Waals surface area (Å²) in [5, 5.41) is 16.9. The lowest BCUT2D eigenvalue weighted by atomic mass is 9.96. The molecule has 0 fully saturated rings. The van der Waals surface area contributed by atoms with Crippen molar-refractivity contribution in [2.45, 2.75) is 33.3 Å². The number of aromatic amines is 1. The molecular formula is C13H18N6O. The Bertz CT molecular complexity index is 591. The van der Waals surface area contributed by atoms with Crippen LogP contribution in [0.4, 0.5) is 0 Å². The summed E-state index contributed by atoms with van der Waals surface area (Å²) < 4.78 is 0. The summed E-state index contributed by atoms with van der Waals surface area (Å²) in [5.74, 6) is 0.739. The van der Waals surface area contributed by atoms with Crippen molar-refractivity contribution in [3.05, 3.63) is 40.7 Å². The molecule has 0 bridgehead atoms. The highest BCUT2D eigenvalue weighted by Gasteiger charge is 2.08. The minimum atomic E-state index is 0.0949. The number of benzene rings is 1. The molecule has 106 valence electrons. The van der Waals surface area contributed by atoms with Crippen molar-refractivity contribution in [2.24, 2.45) is 10.9 Å². The monoisotopic (exact) mass is 274 g/mol. The van der Waals surface area contributed by atoms with E-state index in [9.17, 15) is 0 Å². The number of nitrogens with one attached hydrogen (secondary N) is 1. The summed E-state index contributed by atoms with van der Waals surface area (Å²) in [6.45, 7) is 6.69. The van der Waals surface area contributed by atoms with Gasteiger partial charge < -0.3 is 10.6 Å². The number of hydrogen-bond donors (Lipinski definition) is 2. The Morgan fingerprint density at radius 1 is 1.45 bits per heavy atom. The van der Waals surface area contributed by atoms with E-state index in [1.54, 1.807) is 0 Å². The standard InChI is InChI=1S/C13H18N6O/c1-8(2)11-5-4-9(3)6-10(11)7-20-17-12(14)13-15-18-19-16-13/h4-6,8H,7H2,1-3H3,(H2,14,17)(H,15,16,18,19). The number of oxime groups is 1. The highest BCUT2D eigenvalue weighted by molar-refractivity contribution is 5.93. The molecule has 1 aromatic carbocycles. The van der Waals surface area contributed by atoms with Gasteiger partial charge >= 0.3 is 0 Å². The third kappa shape index (κ3) is 3.31. The summed E-state index contributed by atoms with van der Waals surface area (Å²) in [6, 6.07) is 6.30. The van der Waals surface area contributed by atoms with Crippen LogP contribution in [0.25, 0.3) is 0 Å². The van der Waals surface area contributed by atoms with Crippen molar-refractivity contribution in [1.29, 1.82) is 0 Å². The topological polar surface area (TPSA) is 102 Å². The SMILES string of the molecule is Cc1ccc(C(C)C)c(CO/N=C(\N)c2nn[nH]n2)c1. The highest BCUT2D eigenvalue weighted by atomic mass is 16.6. The van der Waals surface area contributed by atoms with Gasteiger partial charge in [-0.2, -0.15) is 5.21 Å². The normalized spacial score (nSPS) is 11.9. The first-order valence-electron chi connectivity index (χ1n) is 6.36. The first-order valence-corrected chi connectivity index (χ1v) is 6.36. The average Bonchev–Trinajstić information content (AvgIpc) is 2.92. The zero-order valence-electron chi connectivity index (χ0n) is 11.8. The maximum absolute atomic E-state index is 5.67. The van der Waals surface area contributed by atoms with Crippen molar-refractivity contribution in [3.63, 3.8) is 0 Å². The molecule has 0 aliphatic heterocycles. The molecule has 0 saturated heterocycles. The van der Waals surface area contributed by atoms with Crippen LogP contribution in [-0.4, -0.2) is 26.5 Å². The van der Waals surface area contributed by atoms with Crippen LogP contribution >= 0.6 is 0 Å². The number of aromatic nitrogens is 4. The number of aryl methyl sites for hydroxylation is 1. The number of rotatable bonds is 5. The number of hydrogen-bond acceptors (Lipinski definition) is 5. The van der Waals surface area contributed by atoms with Crippen molar-refractivity contribution < 1.29 is 4.84 Å². The predicted molar refractivity (Wildman–Crippen MR) is 75.0 cm³/mol. The van der Waals surface area contributed by atoms with Gasteiger partial charge in [-0.1, -0.05) is 42.8 Å². The fraction of sp³-hybridized carbons (Fsp3) is 0.385. The smallest absolute Gasteiger partial charge is 0.242 e. The molecule has 0 unspecified atom stereocenters. The minimum absolute atomic E-state index is 0.0949. The van der Waals surface area contributed by atoms with Gasteiger partial charge in [-0.05, 0) is 29.2 Å². The van der Waals surface area contributed by atoms with E-state index < -0.39 is 0 Å². The van der Waals surface area contributed by atoms with Gasteiger partial charge in [-0.3, -0.25) is 0 Å². The summed E-state index contributed by atoms with van der Waals surface area (Å²) in [4.78, 5) is 5.29. The van der Waals surface area contributed by atoms with Crippen LogP contribution in [0, 0.1) is 6.92 Å². The van der Waals surface area contributed by atoms with Crippen LogP contribution in [-0.2, 0) is 11.4 Å². The summed E-state index contributed by atoms with van der Waals surface area (Å²) in [7, 11) is 0. The van der Waals surface area contributed by atoms with E-state index in [1.807, 2.05) is 6.92 Å². The molecule has 1 heterocycles. The first kappa shape index (κ1) is 14.0. The van der Waals surface area contributed by atoms with Crippen LogP contribution in [0.2, 0.25) is 0 Å². The van der Waals surface area contributed by atoms with Gasteiger partial charge in [0.15, 0.2) is 0 Å². The van der Waals surface area contributed by atoms with E-state index in [1.165, 1.54) is 11.1 Å². The molecule has 0 saturated carbocycles. The molecule has 0 aliphatic rings. The lowest BCUT2D eigenvalue weighted by Gasteiger charge is -2.12. The molecule has 2 aromatic rings. The van der Waals surface area contributed by atoms with Crippen molar-refractivity contribution in [1.82, 2.24) is 20.6 Å². The Morgan fingerprint density at radius 2 is 2.25 bits per heavy atom. The van der Waals surface area contributed by atoms with Gasteiger partial charge in [0, 0.05) is 0 Å². The minimum Gasteiger partial charge on any atom is -0.389 e. The molecule has 0 aliphatic carbocycles. The quantitative estimate of drug-likeness (QED) is 0.488. The Kier molecular flexibility index (Phi) is 4.29. The molecule has 7 heteroatoms. The Morgan fingerprint density at radius 3 is 2.90 bits per heavy atom. The van der Waals surface area contributed by atoms with Gasteiger partial charge in [-0.25, -0.2) is 0 Å². The van der Waals surface area contributed by atoms with E-state index in [0.717, 1.165) is 5.56 Å². The van der Waals surface area contributed by atoms with Crippen LogP contribution < -0.4 is 5.73 Å². The number of H-pyrrole nitrogens is 1. The van der Waals surface area contributed by atoms with E-state index >= 15 is 0 Å². The van der Waals surface area contributed by atoms with Crippen molar-refractivity contribution in [3.8, 4) is 0 Å². The van der Waals surface area contributed by atoms with Gasteiger partial charge in [0.05, 0.1) is 0 Å². The average molecular weight is 274 g/mol. The summed E-state index contributed by atoms with van der Waals surface area (Å²) in [5.41, 5.74) is 9.20. The van der Waals surface area contributed by atoms with E-state index in [0.29, 0.717) is 12.5 Å². The molecule has 3 N–H and O–H groups in total. The highest BCUT2D eigenvalue weighted by Crippen LogP contribution is 2.21. The van der Waals surface area contributed by atoms with Crippen LogP contribution in [0.15, 0.2) is 23.4 Å². The van der Waals surface area contributed by atoms with Gasteiger partial charge in [-0.15, -0.1) is 10.2 Å². The molecule has 20 heavy (non-hydrogen) atoms. The zero-order chi connectivity index (χ0) is 14.5. The maximum Gasteiger partial charge on any atom is 0.242 e. The van der Waals surface area contributed by atoms with Crippen LogP contribution in [0.5, 0.6) is 0 Å². The lowest BCUT2D eigenvalue weighted by molar-refractivity contribution is 0.129. The maximum atomic E-state index is 5.67. The Labute approximate surface area is 117 Å². The van der Waals surface area contributed by atoms with Crippen molar-refractivity contribution >= 4 is 5.84 Å². The number of tetrazole rings is 1. The molecule has 0 amide bonds. The largest absolute Gasteiger partial charge is 0.389 e. The Balaban J connectivity index is 2.07. The fourth-order valence-electron chi connectivity index (χ4n) is 1.91. The van der Waals surface area contributed by atoms with E-state index in [-0.39, 0.29) is 11.7 Å². The second-order valence-corrected chi connectivity index (χ2v) is 4.84. The fourth-order valence-corrected chi connectivity index (χ4v) is 1.91. The number of nitrogens with zero attached hydrogens (tertiary/aromatic N) is 4. The summed E-state index contributed by atoms with van der Waals surface area (Å²) >= 11 is 0. The van der Waals surface area contributed by atoms with Gasteiger partial charge in [0.2, 0.25) is 11.7 Å². The molecule has 2 rings (SSSR count). The number of nitrogens with two attached hydrogens (primary N) is 1. The van der Waals surface area contributed by atoms with E-state index in [2.05, 4.69) is 57.8 Å². The predicted octanol–water partition coefficient (Wildman–Crippen LogP) is 1.47. The third-order valence-corrected chi connectivity index (χ3v) is 2.88. The molecule has 0 atom stereocenters. The molecular weight excluding hydrogens is 256 g/mol. The van der Waals surface area contributed by atoms with Gasteiger partial charge in [0.1, 0.15) is 6.61 Å². The molecule has 0 spiro atoms. The van der Waals surface area contributed by atoms with Crippen LogP contribution in [0.1, 0.15) is 42.3 Å². The van der Waals surface area contributed by atoms with Crippen LogP contribution in [0.3, 0.4) is 0 Å². The second kappa shape index (κ2) is 6.14. The van der Waals surface area contributed by atoms with Gasteiger partial charge in [0.25, 0.3) is 0 Å². The third-order valence-electron chi connectivity index (χ3n) is 2.88. The molecule has 0 radical (unpaired) electrons. The summed E-state index contributed by atoms with van der Waals surface area (Å²) in [6.07, 6.45) is 0. The lowest BCUT2D eigenvalue weighted by Crippen LogP contribution is -2.16. The second-order valence-electron chi connectivity index (χ2n) is 4.84. The zero-order valence-corrected chi connectivity index (χ0v) is 11.8. The Hall–Kier alpha value is -2.44. The van der Waals surface area contributed by atoms with E-state index in [4.69, 9.17) is 10.6 Å². The number of amidine groups is 1. The molecule has 1 aromatic heterocycles. The van der Waals surface area contributed by atoms with Crippen molar-refractivity contribution in [2.75, 3.05) is 0 Å². The first-order chi connectivity index (χ1) is 9.58.